The minimum absolute atomic E-state index is 0.0221. The molecule has 114 valence electrons. The van der Waals surface area contributed by atoms with E-state index in [-0.39, 0.29) is 29.9 Å². The SMILES string of the molecule is CC1CN(C(=O)c2ccc(NC(=O)C3CC3)s2)CC(C)O1. The Morgan fingerprint density at radius 2 is 1.90 bits per heavy atom. The summed E-state index contributed by atoms with van der Waals surface area (Å²) < 4.78 is 5.65. The minimum atomic E-state index is 0.0221. The van der Waals surface area contributed by atoms with Crippen molar-refractivity contribution in [3.05, 3.63) is 17.0 Å². The third-order valence-electron chi connectivity index (χ3n) is 3.72. The zero-order valence-corrected chi connectivity index (χ0v) is 13.1. The molecule has 0 spiro atoms. The molecule has 5 nitrogen and oxygen atoms in total. The number of hydrogen-bond acceptors (Lipinski definition) is 4. The van der Waals surface area contributed by atoms with Crippen molar-refractivity contribution in [1.29, 1.82) is 0 Å². The van der Waals surface area contributed by atoms with Crippen molar-refractivity contribution in [1.82, 2.24) is 4.90 Å². The number of ether oxygens (including phenoxy) is 1. The summed E-state index contributed by atoms with van der Waals surface area (Å²) in [7, 11) is 0. The number of amides is 2. The van der Waals surface area contributed by atoms with Gasteiger partial charge in [-0.05, 0) is 38.8 Å². The van der Waals surface area contributed by atoms with Crippen molar-refractivity contribution in [3.63, 3.8) is 0 Å². The number of anilines is 1. The Morgan fingerprint density at radius 3 is 2.52 bits per heavy atom. The molecule has 1 saturated carbocycles. The van der Waals surface area contributed by atoms with E-state index in [1.165, 1.54) is 11.3 Å². The largest absolute Gasteiger partial charge is 0.372 e. The van der Waals surface area contributed by atoms with Gasteiger partial charge in [0, 0.05) is 19.0 Å². The quantitative estimate of drug-likeness (QED) is 0.932. The number of carbonyl (C=O) groups excluding carboxylic acids is 2. The monoisotopic (exact) mass is 308 g/mol. The van der Waals surface area contributed by atoms with Gasteiger partial charge in [-0.15, -0.1) is 11.3 Å². The fourth-order valence-electron chi connectivity index (χ4n) is 2.59. The van der Waals surface area contributed by atoms with Crippen LogP contribution in [0.5, 0.6) is 0 Å². The third-order valence-corrected chi connectivity index (χ3v) is 4.71. The van der Waals surface area contributed by atoms with Crippen molar-refractivity contribution in [2.24, 2.45) is 5.92 Å². The molecule has 3 rings (SSSR count). The number of nitrogens with one attached hydrogen (secondary N) is 1. The smallest absolute Gasteiger partial charge is 0.264 e. The van der Waals surface area contributed by atoms with Crippen molar-refractivity contribution < 1.29 is 14.3 Å². The Balaban J connectivity index is 1.64. The summed E-state index contributed by atoms with van der Waals surface area (Å²) in [5.74, 6) is 0.269. The van der Waals surface area contributed by atoms with Crippen LogP contribution in [0.4, 0.5) is 5.00 Å². The molecule has 0 bridgehead atoms. The lowest BCUT2D eigenvalue weighted by atomic mass is 10.2. The summed E-state index contributed by atoms with van der Waals surface area (Å²) in [5, 5.41) is 3.64. The highest BCUT2D eigenvalue weighted by Crippen LogP contribution is 2.32. The number of thiophene rings is 1. The van der Waals surface area contributed by atoms with Crippen LogP contribution in [0.2, 0.25) is 0 Å². The maximum atomic E-state index is 12.5. The van der Waals surface area contributed by atoms with E-state index < -0.39 is 0 Å². The van der Waals surface area contributed by atoms with E-state index in [1.54, 1.807) is 6.07 Å². The van der Waals surface area contributed by atoms with E-state index in [9.17, 15) is 9.59 Å². The van der Waals surface area contributed by atoms with Crippen LogP contribution < -0.4 is 5.32 Å². The number of rotatable bonds is 3. The molecule has 21 heavy (non-hydrogen) atoms. The molecule has 0 aromatic carbocycles. The van der Waals surface area contributed by atoms with Gasteiger partial charge in [-0.3, -0.25) is 9.59 Å². The standard InChI is InChI=1S/C15H20N2O3S/c1-9-7-17(8-10(2)20-9)15(19)12-5-6-13(21-12)16-14(18)11-3-4-11/h5-6,9-11H,3-4,7-8H2,1-2H3,(H,16,18). The summed E-state index contributed by atoms with van der Waals surface area (Å²) in [5.41, 5.74) is 0. The van der Waals surface area contributed by atoms with Gasteiger partial charge in [0.25, 0.3) is 5.91 Å². The molecule has 1 N–H and O–H groups in total. The molecule has 2 fully saturated rings. The summed E-state index contributed by atoms with van der Waals surface area (Å²) in [6.07, 6.45) is 2.08. The molecule has 1 aromatic heterocycles. The van der Waals surface area contributed by atoms with Gasteiger partial charge in [-0.25, -0.2) is 0 Å². The topological polar surface area (TPSA) is 58.6 Å². The van der Waals surface area contributed by atoms with Crippen LogP contribution in [-0.4, -0.2) is 42.0 Å². The fourth-order valence-corrected chi connectivity index (χ4v) is 3.47. The predicted octanol–water partition coefficient (Wildman–Crippen LogP) is 2.35. The first-order valence-corrected chi connectivity index (χ1v) is 8.20. The Bertz CT molecular complexity index is 543. The normalized spacial score (nSPS) is 25.7. The number of hydrogen-bond donors (Lipinski definition) is 1. The van der Waals surface area contributed by atoms with Gasteiger partial charge in [0.1, 0.15) is 0 Å². The lowest BCUT2D eigenvalue weighted by molar-refractivity contribution is -0.117. The van der Waals surface area contributed by atoms with E-state index in [0.29, 0.717) is 18.0 Å². The number of carbonyl (C=O) groups is 2. The molecular weight excluding hydrogens is 288 g/mol. The third kappa shape index (κ3) is 3.44. The second kappa shape index (κ2) is 5.77. The van der Waals surface area contributed by atoms with Gasteiger partial charge in [0.2, 0.25) is 5.91 Å². The second-order valence-electron chi connectivity index (χ2n) is 5.89. The Hall–Kier alpha value is -1.40. The van der Waals surface area contributed by atoms with Crippen LogP contribution in [-0.2, 0) is 9.53 Å². The van der Waals surface area contributed by atoms with E-state index >= 15 is 0 Å². The second-order valence-corrected chi connectivity index (χ2v) is 6.98. The van der Waals surface area contributed by atoms with Gasteiger partial charge < -0.3 is 15.0 Å². The molecule has 0 radical (unpaired) electrons. The predicted molar refractivity (Wildman–Crippen MR) is 81.6 cm³/mol. The summed E-state index contributed by atoms with van der Waals surface area (Å²) in [6.45, 7) is 5.19. The average molecular weight is 308 g/mol. The Morgan fingerprint density at radius 1 is 1.24 bits per heavy atom. The van der Waals surface area contributed by atoms with Crippen LogP contribution in [0.1, 0.15) is 36.4 Å². The van der Waals surface area contributed by atoms with Gasteiger partial charge in [0.05, 0.1) is 22.1 Å². The average Bonchev–Trinajstić information content (AvgIpc) is 3.18. The zero-order valence-electron chi connectivity index (χ0n) is 12.3. The highest BCUT2D eigenvalue weighted by Gasteiger charge is 2.30. The highest BCUT2D eigenvalue weighted by atomic mass is 32.1. The molecular formula is C15H20N2O3S. The first-order chi connectivity index (χ1) is 10.0. The number of nitrogens with zero attached hydrogens (tertiary/aromatic N) is 1. The van der Waals surface area contributed by atoms with Gasteiger partial charge in [-0.2, -0.15) is 0 Å². The van der Waals surface area contributed by atoms with E-state index in [2.05, 4.69) is 5.32 Å². The minimum Gasteiger partial charge on any atom is -0.372 e. The Labute approximate surface area is 128 Å². The lowest BCUT2D eigenvalue weighted by Gasteiger charge is -2.35. The van der Waals surface area contributed by atoms with Crippen LogP contribution in [0, 0.1) is 5.92 Å². The molecule has 2 heterocycles. The molecule has 1 saturated heterocycles. The van der Waals surface area contributed by atoms with E-state index in [4.69, 9.17) is 4.74 Å². The van der Waals surface area contributed by atoms with Crippen molar-refractivity contribution >= 4 is 28.2 Å². The van der Waals surface area contributed by atoms with Crippen LogP contribution in [0.25, 0.3) is 0 Å². The van der Waals surface area contributed by atoms with Gasteiger partial charge in [-0.1, -0.05) is 0 Å². The molecule has 2 unspecified atom stereocenters. The molecule has 1 aliphatic heterocycles. The van der Waals surface area contributed by atoms with E-state index in [0.717, 1.165) is 17.8 Å². The maximum Gasteiger partial charge on any atom is 0.264 e. The van der Waals surface area contributed by atoms with Crippen molar-refractivity contribution in [2.45, 2.75) is 38.9 Å². The Kier molecular flexibility index (Phi) is 3.99. The molecule has 2 aliphatic rings. The summed E-state index contributed by atoms with van der Waals surface area (Å²) in [6, 6.07) is 3.60. The van der Waals surface area contributed by atoms with Crippen LogP contribution in [0.15, 0.2) is 12.1 Å². The van der Waals surface area contributed by atoms with E-state index in [1.807, 2.05) is 24.8 Å². The zero-order chi connectivity index (χ0) is 15.0. The van der Waals surface area contributed by atoms with Gasteiger partial charge >= 0.3 is 0 Å². The number of morpholine rings is 1. The summed E-state index contributed by atoms with van der Waals surface area (Å²) in [4.78, 5) is 26.7. The molecule has 1 aliphatic carbocycles. The molecule has 1 aromatic rings. The highest BCUT2D eigenvalue weighted by molar-refractivity contribution is 7.18. The molecule has 6 heteroatoms. The van der Waals surface area contributed by atoms with Crippen LogP contribution >= 0.6 is 11.3 Å². The van der Waals surface area contributed by atoms with Crippen LogP contribution in [0.3, 0.4) is 0 Å². The first-order valence-electron chi connectivity index (χ1n) is 7.38. The molecule has 2 amide bonds. The summed E-state index contributed by atoms with van der Waals surface area (Å²) >= 11 is 1.35. The first kappa shape index (κ1) is 14.5. The van der Waals surface area contributed by atoms with Gasteiger partial charge in [0.15, 0.2) is 0 Å². The fraction of sp³-hybridized carbons (Fsp3) is 0.600. The van der Waals surface area contributed by atoms with Crippen molar-refractivity contribution in [2.75, 3.05) is 18.4 Å². The lowest BCUT2D eigenvalue weighted by Crippen LogP contribution is -2.48. The maximum absolute atomic E-state index is 12.5. The molecule has 2 atom stereocenters. The van der Waals surface area contributed by atoms with Crippen molar-refractivity contribution in [3.8, 4) is 0 Å².